The molecule has 1 aromatic rings. The molecule has 5 heteroatoms. The number of likely N-dealkylation sites (tertiary alicyclic amines) is 1. The van der Waals surface area contributed by atoms with Gasteiger partial charge >= 0.3 is 0 Å². The molecule has 1 aliphatic heterocycles. The maximum atomic E-state index is 5.67. The van der Waals surface area contributed by atoms with Gasteiger partial charge < -0.3 is 15.5 Å². The number of nitrogens with two attached hydrogens (primary N) is 1. The molecule has 2 heterocycles. The summed E-state index contributed by atoms with van der Waals surface area (Å²) in [6, 6.07) is 2.20. The lowest BCUT2D eigenvalue weighted by atomic mass is 10.1. The average molecular weight is 221 g/mol. The summed E-state index contributed by atoms with van der Waals surface area (Å²) in [6.45, 7) is 2.25. The molecule has 0 radical (unpaired) electrons. The number of nitrogen functional groups attached to an aromatic ring is 1. The Hall–Kier alpha value is -1.36. The zero-order chi connectivity index (χ0) is 11.5. The highest BCUT2D eigenvalue weighted by Gasteiger charge is 2.22. The van der Waals surface area contributed by atoms with Crippen LogP contribution < -0.4 is 10.6 Å². The van der Waals surface area contributed by atoms with E-state index < -0.39 is 0 Å². The zero-order valence-corrected chi connectivity index (χ0v) is 9.93. The third kappa shape index (κ3) is 2.41. The standard InChI is InChI=1S/C11H19N5/c1-15-7-3-4-9(8-15)16(2)11-13-6-5-10(12)14-11/h5-6,9H,3-4,7-8H2,1-2H3,(H2,12,13,14). The van der Waals surface area contributed by atoms with E-state index >= 15 is 0 Å². The van der Waals surface area contributed by atoms with Crippen molar-refractivity contribution >= 4 is 11.8 Å². The third-order valence-corrected chi connectivity index (χ3v) is 3.13. The van der Waals surface area contributed by atoms with Crippen LogP contribution >= 0.6 is 0 Å². The van der Waals surface area contributed by atoms with Crippen LogP contribution in [0.3, 0.4) is 0 Å². The fourth-order valence-electron chi connectivity index (χ4n) is 2.15. The smallest absolute Gasteiger partial charge is 0.227 e. The molecule has 2 rings (SSSR count). The average Bonchev–Trinajstić information content (AvgIpc) is 2.28. The minimum atomic E-state index is 0.487. The van der Waals surface area contributed by atoms with Gasteiger partial charge in [-0.05, 0) is 32.5 Å². The van der Waals surface area contributed by atoms with Gasteiger partial charge in [0.2, 0.25) is 5.95 Å². The Labute approximate surface area is 96.3 Å². The second-order valence-electron chi connectivity index (χ2n) is 4.45. The van der Waals surface area contributed by atoms with Gasteiger partial charge in [-0.2, -0.15) is 4.98 Å². The first-order chi connectivity index (χ1) is 7.66. The summed E-state index contributed by atoms with van der Waals surface area (Å²) in [5.74, 6) is 1.25. The van der Waals surface area contributed by atoms with Crippen molar-refractivity contribution in [1.82, 2.24) is 14.9 Å². The molecule has 1 unspecified atom stereocenters. The van der Waals surface area contributed by atoms with E-state index in [4.69, 9.17) is 5.73 Å². The Kier molecular flexibility index (Phi) is 3.24. The number of piperidine rings is 1. The van der Waals surface area contributed by atoms with Crippen molar-refractivity contribution in [3.05, 3.63) is 12.3 Å². The summed E-state index contributed by atoms with van der Waals surface area (Å²) in [4.78, 5) is 13.0. The van der Waals surface area contributed by atoms with Gasteiger partial charge in [0.05, 0.1) is 0 Å². The lowest BCUT2D eigenvalue weighted by molar-refractivity contribution is 0.247. The van der Waals surface area contributed by atoms with Gasteiger partial charge in [0.15, 0.2) is 0 Å². The van der Waals surface area contributed by atoms with Crippen molar-refractivity contribution < 1.29 is 0 Å². The number of rotatable bonds is 2. The molecule has 88 valence electrons. The topological polar surface area (TPSA) is 58.3 Å². The Morgan fingerprint density at radius 2 is 2.38 bits per heavy atom. The highest BCUT2D eigenvalue weighted by molar-refractivity contribution is 5.38. The van der Waals surface area contributed by atoms with Gasteiger partial charge in [0, 0.05) is 25.8 Å². The first kappa shape index (κ1) is 11.1. The van der Waals surface area contributed by atoms with Crippen molar-refractivity contribution in [3.8, 4) is 0 Å². The molecular formula is C11H19N5. The van der Waals surface area contributed by atoms with E-state index in [0.717, 1.165) is 12.5 Å². The predicted molar refractivity (Wildman–Crippen MR) is 65.4 cm³/mol. The molecule has 0 amide bonds. The van der Waals surface area contributed by atoms with Crippen LogP contribution in [-0.4, -0.2) is 48.1 Å². The quantitative estimate of drug-likeness (QED) is 0.792. The van der Waals surface area contributed by atoms with Crippen molar-refractivity contribution in [2.24, 2.45) is 0 Å². The second kappa shape index (κ2) is 4.65. The van der Waals surface area contributed by atoms with Gasteiger partial charge in [-0.15, -0.1) is 0 Å². The molecule has 2 N–H and O–H groups in total. The number of anilines is 2. The van der Waals surface area contributed by atoms with Crippen LogP contribution in [0.2, 0.25) is 0 Å². The monoisotopic (exact) mass is 221 g/mol. The van der Waals surface area contributed by atoms with Gasteiger partial charge in [-0.3, -0.25) is 0 Å². The molecule has 0 saturated carbocycles. The summed E-state index contributed by atoms with van der Waals surface area (Å²) >= 11 is 0. The van der Waals surface area contributed by atoms with Crippen LogP contribution in [0, 0.1) is 0 Å². The van der Waals surface area contributed by atoms with Crippen molar-refractivity contribution in [3.63, 3.8) is 0 Å². The van der Waals surface area contributed by atoms with E-state index in [1.54, 1.807) is 12.3 Å². The number of nitrogens with zero attached hydrogens (tertiary/aromatic N) is 4. The lowest BCUT2D eigenvalue weighted by Crippen LogP contribution is -2.45. The van der Waals surface area contributed by atoms with Crippen LogP contribution in [0.15, 0.2) is 12.3 Å². The minimum absolute atomic E-state index is 0.487. The van der Waals surface area contributed by atoms with Crippen LogP contribution in [0.5, 0.6) is 0 Å². The molecule has 5 nitrogen and oxygen atoms in total. The van der Waals surface area contributed by atoms with Crippen molar-refractivity contribution in [2.75, 3.05) is 37.8 Å². The Balaban J connectivity index is 2.09. The third-order valence-electron chi connectivity index (χ3n) is 3.13. The molecular weight excluding hydrogens is 202 g/mol. The first-order valence-corrected chi connectivity index (χ1v) is 5.66. The number of hydrogen-bond donors (Lipinski definition) is 1. The lowest BCUT2D eigenvalue weighted by Gasteiger charge is -2.35. The Bertz CT molecular complexity index is 354. The van der Waals surface area contributed by atoms with E-state index in [1.807, 2.05) is 7.05 Å². The zero-order valence-electron chi connectivity index (χ0n) is 9.93. The maximum Gasteiger partial charge on any atom is 0.227 e. The normalized spacial score (nSPS) is 22.0. The maximum absolute atomic E-state index is 5.67. The molecule has 1 atom stereocenters. The van der Waals surface area contributed by atoms with Gasteiger partial charge in [-0.25, -0.2) is 4.98 Å². The SMILES string of the molecule is CN1CCCC(N(C)c2nccc(N)n2)C1. The molecule has 0 bridgehead atoms. The fraction of sp³-hybridized carbons (Fsp3) is 0.636. The van der Waals surface area contributed by atoms with E-state index in [1.165, 1.54) is 19.4 Å². The summed E-state index contributed by atoms with van der Waals surface area (Å²) in [5.41, 5.74) is 5.67. The highest BCUT2D eigenvalue weighted by atomic mass is 15.3. The Morgan fingerprint density at radius 1 is 1.56 bits per heavy atom. The summed E-state index contributed by atoms with van der Waals surface area (Å²) < 4.78 is 0. The van der Waals surface area contributed by atoms with E-state index in [0.29, 0.717) is 11.9 Å². The van der Waals surface area contributed by atoms with Crippen LogP contribution in [0.25, 0.3) is 0 Å². The first-order valence-electron chi connectivity index (χ1n) is 5.66. The van der Waals surface area contributed by atoms with Crippen LogP contribution in [-0.2, 0) is 0 Å². The molecule has 1 saturated heterocycles. The van der Waals surface area contributed by atoms with Crippen molar-refractivity contribution in [1.29, 1.82) is 0 Å². The van der Waals surface area contributed by atoms with Crippen LogP contribution in [0.4, 0.5) is 11.8 Å². The number of likely N-dealkylation sites (N-methyl/N-ethyl adjacent to an activating group) is 2. The summed E-state index contributed by atoms with van der Waals surface area (Å²) in [5, 5.41) is 0. The second-order valence-corrected chi connectivity index (χ2v) is 4.45. The number of hydrogen-bond acceptors (Lipinski definition) is 5. The van der Waals surface area contributed by atoms with E-state index in [9.17, 15) is 0 Å². The van der Waals surface area contributed by atoms with E-state index in [-0.39, 0.29) is 0 Å². The number of aromatic nitrogens is 2. The molecule has 0 aromatic carbocycles. The molecule has 0 aliphatic carbocycles. The summed E-state index contributed by atoms with van der Waals surface area (Å²) in [7, 11) is 4.19. The summed E-state index contributed by atoms with van der Waals surface area (Å²) in [6.07, 6.45) is 4.13. The highest BCUT2D eigenvalue weighted by Crippen LogP contribution is 2.17. The van der Waals surface area contributed by atoms with E-state index in [2.05, 4.69) is 26.8 Å². The molecule has 16 heavy (non-hydrogen) atoms. The largest absolute Gasteiger partial charge is 0.384 e. The molecule has 1 aromatic heterocycles. The molecule has 1 fully saturated rings. The van der Waals surface area contributed by atoms with Gasteiger partial charge in [0.25, 0.3) is 0 Å². The van der Waals surface area contributed by atoms with Crippen molar-refractivity contribution in [2.45, 2.75) is 18.9 Å². The molecule has 1 aliphatic rings. The molecule has 0 spiro atoms. The van der Waals surface area contributed by atoms with Crippen LogP contribution in [0.1, 0.15) is 12.8 Å². The predicted octanol–water partition coefficient (Wildman–Crippen LogP) is 0.589. The van der Waals surface area contributed by atoms with Gasteiger partial charge in [-0.1, -0.05) is 0 Å². The minimum Gasteiger partial charge on any atom is -0.384 e. The van der Waals surface area contributed by atoms with Gasteiger partial charge in [0.1, 0.15) is 5.82 Å². The fourth-order valence-corrected chi connectivity index (χ4v) is 2.15. The Morgan fingerprint density at radius 3 is 3.06 bits per heavy atom.